The topological polar surface area (TPSA) is 40.5 Å². The third-order valence-corrected chi connectivity index (χ3v) is 10.4. The van der Waals surface area contributed by atoms with Gasteiger partial charge in [0, 0.05) is 0 Å². The maximum atomic E-state index is 11.6. The zero-order valence-corrected chi connectivity index (χ0v) is 19.7. The van der Waals surface area contributed by atoms with Crippen molar-refractivity contribution in [1.82, 2.24) is 0 Å². The van der Waals surface area contributed by atoms with Crippen molar-refractivity contribution in [1.29, 1.82) is 0 Å². The van der Waals surface area contributed by atoms with Crippen molar-refractivity contribution in [3.63, 3.8) is 0 Å². The Morgan fingerprint density at radius 2 is 1.83 bits per heavy atom. The number of aliphatic hydroxyl groups is 2. The van der Waals surface area contributed by atoms with Crippen molar-refractivity contribution < 1.29 is 10.2 Å². The zero-order valence-electron chi connectivity index (χ0n) is 19.7. The van der Waals surface area contributed by atoms with Crippen LogP contribution in [-0.4, -0.2) is 21.9 Å². The fourth-order valence-corrected chi connectivity index (χ4v) is 8.73. The smallest absolute Gasteiger partial charge is 0.0910 e. The Hall–Kier alpha value is -0.340. The highest BCUT2D eigenvalue weighted by Crippen LogP contribution is 2.68. The average molecular weight is 403 g/mol. The van der Waals surface area contributed by atoms with Crippen LogP contribution in [0.25, 0.3) is 0 Å². The largest absolute Gasteiger partial charge is 0.390 e. The summed E-state index contributed by atoms with van der Waals surface area (Å²) < 4.78 is 0. The minimum absolute atomic E-state index is 0.190. The highest BCUT2D eigenvalue weighted by Gasteiger charge is 2.62. The first-order valence-electron chi connectivity index (χ1n) is 12.7. The summed E-state index contributed by atoms with van der Waals surface area (Å²) in [4.78, 5) is 0. The maximum Gasteiger partial charge on any atom is 0.0910 e. The average Bonchev–Trinajstić information content (AvgIpc) is 3.03. The van der Waals surface area contributed by atoms with Crippen molar-refractivity contribution in [2.75, 3.05) is 0 Å². The molecule has 2 nitrogen and oxygen atoms in total. The Morgan fingerprint density at radius 1 is 1.07 bits per heavy atom. The second kappa shape index (κ2) is 7.66. The predicted octanol–water partition coefficient (Wildman–Crippen LogP) is 6.50. The van der Waals surface area contributed by atoms with Gasteiger partial charge in [-0.1, -0.05) is 39.3 Å². The van der Waals surface area contributed by atoms with Crippen LogP contribution in [-0.2, 0) is 0 Å². The van der Waals surface area contributed by atoms with Gasteiger partial charge in [-0.2, -0.15) is 0 Å². The highest BCUT2D eigenvalue weighted by atomic mass is 16.3. The summed E-state index contributed by atoms with van der Waals surface area (Å²) in [5.41, 5.74) is 1.45. The van der Waals surface area contributed by atoms with Crippen LogP contribution in [0, 0.1) is 40.4 Å². The molecule has 0 aromatic heterocycles. The molecule has 0 heterocycles. The number of aliphatic hydroxyl groups excluding tert-OH is 1. The first-order chi connectivity index (χ1) is 13.6. The molecule has 166 valence electrons. The van der Waals surface area contributed by atoms with Gasteiger partial charge in [-0.3, -0.25) is 0 Å². The molecule has 3 fully saturated rings. The van der Waals surface area contributed by atoms with E-state index in [1.165, 1.54) is 51.4 Å². The van der Waals surface area contributed by atoms with E-state index in [9.17, 15) is 10.2 Å². The molecule has 0 spiro atoms. The van der Waals surface area contributed by atoms with Crippen LogP contribution in [0.3, 0.4) is 0 Å². The van der Waals surface area contributed by atoms with E-state index in [1.807, 2.05) is 6.92 Å². The first kappa shape index (κ1) is 21.9. The lowest BCUT2D eigenvalue weighted by Gasteiger charge is -2.59. The number of rotatable bonds is 5. The van der Waals surface area contributed by atoms with Crippen LogP contribution < -0.4 is 0 Å². The summed E-state index contributed by atoms with van der Waals surface area (Å²) in [7, 11) is 0. The van der Waals surface area contributed by atoms with E-state index in [2.05, 4.69) is 33.8 Å². The Bertz CT molecular complexity index is 634. The second-order valence-electron chi connectivity index (χ2n) is 12.3. The third-order valence-electron chi connectivity index (χ3n) is 10.4. The van der Waals surface area contributed by atoms with E-state index in [4.69, 9.17) is 0 Å². The van der Waals surface area contributed by atoms with Gasteiger partial charge in [0.25, 0.3) is 0 Å². The molecular weight excluding hydrogens is 356 g/mol. The highest BCUT2D eigenvalue weighted by molar-refractivity contribution is 5.24. The fourth-order valence-electron chi connectivity index (χ4n) is 8.73. The lowest BCUT2D eigenvalue weighted by Crippen LogP contribution is -2.55. The van der Waals surface area contributed by atoms with Crippen LogP contribution in [0.2, 0.25) is 0 Å². The number of hydrogen-bond donors (Lipinski definition) is 2. The van der Waals surface area contributed by atoms with Crippen LogP contribution in [0.1, 0.15) is 105 Å². The van der Waals surface area contributed by atoms with Gasteiger partial charge in [-0.25, -0.2) is 0 Å². The monoisotopic (exact) mass is 402 g/mol. The molecule has 4 rings (SSSR count). The molecule has 2 N–H and O–H groups in total. The Kier molecular flexibility index (Phi) is 5.78. The minimum Gasteiger partial charge on any atom is -0.390 e. The molecule has 0 radical (unpaired) electrons. The van der Waals surface area contributed by atoms with Crippen LogP contribution >= 0.6 is 0 Å². The van der Waals surface area contributed by atoms with E-state index >= 15 is 0 Å². The van der Waals surface area contributed by atoms with Gasteiger partial charge in [-0.05, 0) is 118 Å². The molecule has 0 amide bonds. The Morgan fingerprint density at radius 3 is 2.55 bits per heavy atom. The summed E-state index contributed by atoms with van der Waals surface area (Å²) in [5.74, 6) is 3.20. The van der Waals surface area contributed by atoms with E-state index in [0.717, 1.165) is 37.0 Å². The van der Waals surface area contributed by atoms with E-state index in [-0.39, 0.29) is 11.3 Å². The van der Waals surface area contributed by atoms with Gasteiger partial charge < -0.3 is 10.2 Å². The standard InChI is InChI=1S/C27H46O2/c1-18(2)9-14-24(28)27(5,29)23-13-12-21-20-11-10-19-8-6-7-16-25(19,3)22(20)15-17-26(21,23)4/h8,18,20-24,28-29H,6-7,9-17H2,1-5H3/t20-,21-,22-,23-,24-,25-,26-,27+/m0/s1. The molecular formula is C27H46O2. The van der Waals surface area contributed by atoms with E-state index < -0.39 is 11.7 Å². The molecule has 4 aliphatic rings. The van der Waals surface area contributed by atoms with Crippen LogP contribution in [0.4, 0.5) is 0 Å². The van der Waals surface area contributed by atoms with Crippen LogP contribution in [0.5, 0.6) is 0 Å². The van der Waals surface area contributed by atoms with E-state index in [0.29, 0.717) is 11.3 Å². The maximum absolute atomic E-state index is 11.6. The lowest BCUT2D eigenvalue weighted by molar-refractivity contribution is -0.152. The fraction of sp³-hybridized carbons (Fsp3) is 0.926. The summed E-state index contributed by atoms with van der Waals surface area (Å²) in [6.07, 6.45) is 15.3. The quantitative estimate of drug-likeness (QED) is 0.515. The van der Waals surface area contributed by atoms with Crippen molar-refractivity contribution in [2.45, 2.75) is 117 Å². The normalized spacial score (nSPS) is 45.0. The number of allylic oxidation sites excluding steroid dienone is 2. The molecule has 0 aromatic rings. The summed E-state index contributed by atoms with van der Waals surface area (Å²) in [6.45, 7) is 11.4. The van der Waals surface area contributed by atoms with Gasteiger partial charge in [-0.15, -0.1) is 0 Å². The summed E-state index contributed by atoms with van der Waals surface area (Å²) in [6, 6.07) is 0. The minimum atomic E-state index is -0.959. The third kappa shape index (κ3) is 3.45. The molecule has 0 unspecified atom stereocenters. The molecule has 4 aliphatic carbocycles. The lowest BCUT2D eigenvalue weighted by atomic mass is 9.46. The Labute approximate surface area is 179 Å². The molecule has 0 aliphatic heterocycles. The first-order valence-corrected chi connectivity index (χ1v) is 12.7. The van der Waals surface area contributed by atoms with Crippen molar-refractivity contribution in [3.05, 3.63) is 11.6 Å². The van der Waals surface area contributed by atoms with Crippen molar-refractivity contribution in [3.8, 4) is 0 Å². The van der Waals surface area contributed by atoms with Gasteiger partial charge in [0.2, 0.25) is 0 Å². The molecule has 0 saturated heterocycles. The SMILES string of the molecule is CC(C)CC[C@H](O)[C@](C)(O)[C@H]1CC[C@H]2[C@@H]3CCC4=CCCC[C@]4(C)[C@H]3CC[C@]12C. The molecule has 3 saturated carbocycles. The zero-order chi connectivity index (χ0) is 21.0. The summed E-state index contributed by atoms with van der Waals surface area (Å²) in [5, 5.41) is 22.5. The van der Waals surface area contributed by atoms with Gasteiger partial charge in [0.05, 0.1) is 11.7 Å². The Balaban J connectivity index is 1.55. The summed E-state index contributed by atoms with van der Waals surface area (Å²) >= 11 is 0. The molecule has 29 heavy (non-hydrogen) atoms. The second-order valence-corrected chi connectivity index (χ2v) is 12.3. The molecule has 2 heteroatoms. The van der Waals surface area contributed by atoms with Crippen LogP contribution in [0.15, 0.2) is 11.6 Å². The molecule has 0 bridgehead atoms. The van der Waals surface area contributed by atoms with Crippen molar-refractivity contribution >= 4 is 0 Å². The number of hydrogen-bond acceptors (Lipinski definition) is 2. The predicted molar refractivity (Wildman–Crippen MR) is 121 cm³/mol. The number of fused-ring (bicyclic) bond motifs is 5. The van der Waals surface area contributed by atoms with E-state index in [1.54, 1.807) is 5.57 Å². The van der Waals surface area contributed by atoms with Gasteiger partial charge in [0.1, 0.15) is 0 Å². The molecule has 8 atom stereocenters. The molecule has 0 aromatic carbocycles. The van der Waals surface area contributed by atoms with Crippen molar-refractivity contribution in [2.24, 2.45) is 40.4 Å². The van der Waals surface area contributed by atoms with Gasteiger partial charge in [0.15, 0.2) is 0 Å². The van der Waals surface area contributed by atoms with Gasteiger partial charge >= 0.3 is 0 Å².